The van der Waals surface area contributed by atoms with E-state index in [0.29, 0.717) is 74.1 Å². The van der Waals surface area contributed by atoms with E-state index in [1.54, 1.807) is 25.1 Å². The smallest absolute Gasteiger partial charge is 0.264 e. The van der Waals surface area contributed by atoms with Crippen molar-refractivity contribution in [1.82, 2.24) is 34.4 Å². The Morgan fingerprint density at radius 3 is 2.32 bits per heavy atom. The summed E-state index contributed by atoms with van der Waals surface area (Å²) in [5, 5.41) is 7.51. The third-order valence-corrected chi connectivity index (χ3v) is 16.5. The number of aryl methyl sites for hydroxylation is 1. The third kappa shape index (κ3) is 9.05. The topological polar surface area (TPSA) is 198 Å². The molecular formula is C54H65F2N11O6. The summed E-state index contributed by atoms with van der Waals surface area (Å²) in [5.74, 6) is -0.837. The summed E-state index contributed by atoms with van der Waals surface area (Å²) in [7, 11) is 0. The van der Waals surface area contributed by atoms with E-state index in [4.69, 9.17) is 21.3 Å². The number of anilines is 4. The molecule has 4 saturated heterocycles. The molecular weight excluding hydrogens is 937 g/mol. The zero-order valence-electron chi connectivity index (χ0n) is 41.7. The van der Waals surface area contributed by atoms with E-state index in [0.717, 1.165) is 122 Å². The molecule has 4 aromatic rings. The largest absolute Gasteiger partial charge is 0.402 e. The number of nitrogen functional groups attached to an aromatic ring is 1. The number of hydrogen-bond donors (Lipinski definition) is 3. The number of fused-ring (bicyclic) bond motifs is 3. The van der Waals surface area contributed by atoms with E-state index in [2.05, 4.69) is 29.3 Å². The van der Waals surface area contributed by atoms with E-state index in [9.17, 15) is 24.0 Å². The number of allylic oxidation sites excluding steroid dienone is 1. The monoisotopic (exact) mass is 1000 g/mol. The van der Waals surface area contributed by atoms with Crippen LogP contribution in [-0.4, -0.2) is 124 Å². The first-order valence-corrected chi connectivity index (χ1v) is 26.2. The number of rotatable bonds is 10. The Hall–Kier alpha value is -6.60. The van der Waals surface area contributed by atoms with E-state index < -0.39 is 36.1 Å². The van der Waals surface area contributed by atoms with Gasteiger partial charge < -0.3 is 40.4 Å². The van der Waals surface area contributed by atoms with Crippen molar-refractivity contribution < 1.29 is 37.5 Å². The number of hydrogen-bond acceptors (Lipinski definition) is 12. The minimum atomic E-state index is -2.78. The second kappa shape index (κ2) is 19.7. The van der Waals surface area contributed by atoms with Gasteiger partial charge in [-0.2, -0.15) is 5.10 Å². The molecule has 0 saturated carbocycles. The van der Waals surface area contributed by atoms with Gasteiger partial charge in [-0.3, -0.25) is 38.9 Å². The van der Waals surface area contributed by atoms with Crippen molar-refractivity contribution >= 4 is 58.5 Å². The Morgan fingerprint density at radius 1 is 0.849 bits per heavy atom. The number of imide groups is 2. The Kier molecular flexibility index (Phi) is 13.1. The maximum Gasteiger partial charge on any atom is 0.264 e. The standard InChI is InChI=1S/C54H65F2N11O6/c1-31(57)24-47-49(58)42(39-25-34-4-3-16-64(46(34)27-40(39)50(55)56)51-43-29-63(32(2)68)21-13-44(43)67(60-51)36-14-22-73-23-15-36)30-65(47)35-11-17-61(18-12-35)28-33-9-19-62(20-10-33)37-5-6-38-41(26-37)54(72)66(53(38)71)45-7-8-48(69)59-52(45)70/h5-6,24-27,30,33,35-36,45,50H,3-4,7-23,28-29,57-58H2,1-2H3,(H,59,69,70)/b31-24-. The number of amides is 5. The molecule has 7 aliphatic heterocycles. The number of alkyl halides is 2. The molecule has 7 aliphatic rings. The number of aromatic nitrogens is 3. The zero-order chi connectivity index (χ0) is 50.8. The van der Waals surface area contributed by atoms with Crippen LogP contribution in [-0.2, 0) is 38.5 Å². The van der Waals surface area contributed by atoms with Crippen molar-refractivity contribution in [2.75, 3.05) is 74.6 Å². The molecule has 4 fully saturated rings. The lowest BCUT2D eigenvalue weighted by Gasteiger charge is -2.39. The first kappa shape index (κ1) is 48.7. The van der Waals surface area contributed by atoms with Gasteiger partial charge in [0.1, 0.15) is 6.04 Å². The molecule has 19 heteroatoms. The number of nitrogens with two attached hydrogens (primary N) is 2. The van der Waals surface area contributed by atoms with Crippen LogP contribution in [0.4, 0.5) is 31.7 Å². The summed E-state index contributed by atoms with van der Waals surface area (Å²) >= 11 is 0. The molecule has 0 spiro atoms. The second-order valence-electron chi connectivity index (χ2n) is 21.1. The van der Waals surface area contributed by atoms with Crippen LogP contribution in [0.2, 0.25) is 0 Å². The highest BCUT2D eigenvalue weighted by Crippen LogP contribution is 2.46. The van der Waals surface area contributed by atoms with Gasteiger partial charge in [-0.25, -0.2) is 8.78 Å². The minimum Gasteiger partial charge on any atom is -0.402 e. The van der Waals surface area contributed by atoms with Gasteiger partial charge in [-0.05, 0) is 118 Å². The first-order chi connectivity index (χ1) is 35.2. The molecule has 1 unspecified atom stereocenters. The number of ether oxygens (including phenoxy) is 1. The van der Waals surface area contributed by atoms with Crippen molar-refractivity contribution in [3.05, 3.63) is 81.4 Å². The minimum absolute atomic E-state index is 0.00169. The SMILES string of the molecule is CC(=O)N1CCc2c(c(N3CCCc4cc(-c5cn(C6CCN(CC7CCN(c8ccc9c(c8)C(=O)N(C8CCC(=O)NC8=O)C9=O)CC7)CC6)c(/C=C(/C)N)c5N)c(C(F)F)cc43)nn2C2CCOCC2)C1. The summed E-state index contributed by atoms with van der Waals surface area (Å²) in [6.45, 7) is 10.6. The highest BCUT2D eigenvalue weighted by atomic mass is 19.3. The molecule has 73 heavy (non-hydrogen) atoms. The highest BCUT2D eigenvalue weighted by Gasteiger charge is 2.45. The Balaban J connectivity index is 0.781. The fraction of sp³-hybridized carbons (Fsp3) is 0.519. The molecule has 0 bridgehead atoms. The number of piperidine rings is 3. The molecule has 17 nitrogen and oxygen atoms in total. The van der Waals surface area contributed by atoms with Crippen LogP contribution in [0.1, 0.15) is 139 Å². The van der Waals surface area contributed by atoms with Gasteiger partial charge in [-0.15, -0.1) is 0 Å². The zero-order valence-corrected chi connectivity index (χ0v) is 41.7. The maximum atomic E-state index is 15.6. The molecule has 1 atom stereocenters. The molecule has 2 aromatic carbocycles. The van der Waals surface area contributed by atoms with Crippen LogP contribution < -0.4 is 26.6 Å². The van der Waals surface area contributed by atoms with Crippen LogP contribution in [0.15, 0.2) is 42.2 Å². The lowest BCUT2D eigenvalue weighted by Crippen LogP contribution is -2.54. The summed E-state index contributed by atoms with van der Waals surface area (Å²) in [6.07, 6.45) is 8.72. The average molecular weight is 1000 g/mol. The van der Waals surface area contributed by atoms with Crippen molar-refractivity contribution in [3.8, 4) is 11.1 Å². The number of carbonyl (C=O) groups is 5. The molecule has 0 radical (unpaired) electrons. The molecule has 0 aliphatic carbocycles. The van der Waals surface area contributed by atoms with Gasteiger partial charge in [0.25, 0.3) is 18.2 Å². The lowest BCUT2D eigenvalue weighted by molar-refractivity contribution is -0.136. The predicted octanol–water partition coefficient (Wildman–Crippen LogP) is 6.49. The van der Waals surface area contributed by atoms with Crippen LogP contribution in [0.25, 0.3) is 17.2 Å². The van der Waals surface area contributed by atoms with Gasteiger partial charge in [0.2, 0.25) is 17.7 Å². The number of halogens is 2. The van der Waals surface area contributed by atoms with E-state index in [-0.39, 0.29) is 47.5 Å². The fourth-order valence-electron chi connectivity index (χ4n) is 12.6. The number of benzene rings is 2. The van der Waals surface area contributed by atoms with Crippen LogP contribution in [0.5, 0.6) is 0 Å². The maximum absolute atomic E-state index is 15.6. The van der Waals surface area contributed by atoms with Gasteiger partial charge in [0.05, 0.1) is 35.1 Å². The van der Waals surface area contributed by atoms with Gasteiger partial charge in [-0.1, -0.05) is 0 Å². The van der Waals surface area contributed by atoms with Gasteiger partial charge in [0, 0.05) is 130 Å². The Morgan fingerprint density at radius 2 is 1.60 bits per heavy atom. The summed E-state index contributed by atoms with van der Waals surface area (Å²) in [4.78, 5) is 73.4. The van der Waals surface area contributed by atoms with E-state index in [1.165, 1.54) is 0 Å². The van der Waals surface area contributed by atoms with Crippen molar-refractivity contribution in [1.29, 1.82) is 0 Å². The quantitative estimate of drug-likeness (QED) is 0.146. The van der Waals surface area contributed by atoms with Gasteiger partial charge >= 0.3 is 0 Å². The van der Waals surface area contributed by atoms with Crippen molar-refractivity contribution in [2.24, 2.45) is 11.7 Å². The van der Waals surface area contributed by atoms with Crippen LogP contribution in [0.3, 0.4) is 0 Å². The summed E-state index contributed by atoms with van der Waals surface area (Å²) in [5.41, 5.74) is 21.2. The Bertz CT molecular complexity index is 2900. The van der Waals surface area contributed by atoms with E-state index >= 15 is 8.78 Å². The molecule has 11 rings (SSSR count). The third-order valence-electron chi connectivity index (χ3n) is 16.5. The lowest BCUT2D eigenvalue weighted by atomic mass is 9.92. The predicted molar refractivity (Wildman–Crippen MR) is 271 cm³/mol. The molecule has 2 aromatic heterocycles. The number of nitrogens with zero attached hydrogens (tertiary/aromatic N) is 8. The van der Waals surface area contributed by atoms with Crippen LogP contribution >= 0.6 is 0 Å². The second-order valence-corrected chi connectivity index (χ2v) is 21.1. The summed E-state index contributed by atoms with van der Waals surface area (Å²) in [6, 6.07) is 8.12. The molecule has 386 valence electrons. The molecule has 5 N–H and O–H groups in total. The van der Waals surface area contributed by atoms with Crippen LogP contribution in [0, 0.1) is 5.92 Å². The van der Waals surface area contributed by atoms with E-state index in [1.807, 2.05) is 36.2 Å². The number of likely N-dealkylation sites (tertiary alicyclic amines) is 1. The summed E-state index contributed by atoms with van der Waals surface area (Å²) < 4.78 is 41.1. The molecule has 9 heterocycles. The molecule has 5 amide bonds. The fourth-order valence-corrected chi connectivity index (χ4v) is 12.6. The average Bonchev–Trinajstić information content (AvgIpc) is 4.01. The van der Waals surface area contributed by atoms with Crippen molar-refractivity contribution in [3.63, 3.8) is 0 Å². The van der Waals surface area contributed by atoms with Crippen molar-refractivity contribution in [2.45, 2.75) is 116 Å². The van der Waals surface area contributed by atoms with Gasteiger partial charge in [0.15, 0.2) is 5.82 Å². The first-order valence-electron chi connectivity index (χ1n) is 26.2. The number of carbonyl (C=O) groups excluding carboxylic acids is 5. The number of nitrogens with one attached hydrogen (secondary N) is 1. The normalized spacial score (nSPS) is 21.8. The highest BCUT2D eigenvalue weighted by molar-refractivity contribution is 6.23. The Labute approximate surface area is 423 Å².